The molecule has 3 nitrogen and oxygen atoms in total. The van der Waals surface area contributed by atoms with Crippen molar-refractivity contribution in [2.75, 3.05) is 20.1 Å². The summed E-state index contributed by atoms with van der Waals surface area (Å²) in [6.07, 6.45) is 0. The Morgan fingerprint density at radius 2 is 2.12 bits per heavy atom. The number of amides is 1. The van der Waals surface area contributed by atoms with Crippen LogP contribution in [0.25, 0.3) is 0 Å². The Morgan fingerprint density at radius 3 is 2.65 bits per heavy atom. The van der Waals surface area contributed by atoms with E-state index in [0.717, 1.165) is 12.1 Å². The lowest BCUT2D eigenvalue weighted by molar-refractivity contribution is 0.0772. The molecule has 17 heavy (non-hydrogen) atoms. The zero-order valence-corrected chi connectivity index (χ0v) is 9.91. The molecule has 1 amide bonds. The molecule has 1 unspecified atom stereocenters. The van der Waals surface area contributed by atoms with Crippen LogP contribution in [0, 0.1) is 17.6 Å². The summed E-state index contributed by atoms with van der Waals surface area (Å²) in [7, 11) is 1.57. The molecular formula is C12H16F2N2O. The van der Waals surface area contributed by atoms with Crippen molar-refractivity contribution in [3.05, 3.63) is 35.4 Å². The van der Waals surface area contributed by atoms with Crippen LogP contribution < -0.4 is 5.73 Å². The molecule has 2 N–H and O–H groups in total. The third-order valence-corrected chi connectivity index (χ3v) is 2.50. The van der Waals surface area contributed by atoms with E-state index in [4.69, 9.17) is 5.73 Å². The Bertz CT molecular complexity index is 409. The van der Waals surface area contributed by atoms with Gasteiger partial charge in [-0.3, -0.25) is 4.79 Å². The van der Waals surface area contributed by atoms with Crippen molar-refractivity contribution < 1.29 is 13.6 Å². The van der Waals surface area contributed by atoms with E-state index in [1.54, 1.807) is 7.05 Å². The third-order valence-electron chi connectivity index (χ3n) is 2.50. The van der Waals surface area contributed by atoms with Crippen molar-refractivity contribution in [1.29, 1.82) is 0 Å². The first-order chi connectivity index (χ1) is 7.95. The maximum absolute atomic E-state index is 13.4. The first kappa shape index (κ1) is 13.6. The Labute approximate surface area is 99.2 Å². The molecule has 0 aliphatic heterocycles. The highest BCUT2D eigenvalue weighted by Crippen LogP contribution is 2.12. The summed E-state index contributed by atoms with van der Waals surface area (Å²) in [5.74, 6) is -1.88. The summed E-state index contributed by atoms with van der Waals surface area (Å²) in [5, 5.41) is 0. The van der Waals surface area contributed by atoms with Crippen molar-refractivity contribution in [3.8, 4) is 0 Å². The molecule has 0 heterocycles. The van der Waals surface area contributed by atoms with Crippen molar-refractivity contribution in [3.63, 3.8) is 0 Å². The van der Waals surface area contributed by atoms with E-state index in [9.17, 15) is 13.6 Å². The number of carbonyl (C=O) groups is 1. The number of halogens is 2. The van der Waals surface area contributed by atoms with Gasteiger partial charge < -0.3 is 10.6 Å². The summed E-state index contributed by atoms with van der Waals surface area (Å²) in [5.41, 5.74) is 5.32. The SMILES string of the molecule is CC(CN)CN(C)C(=O)c1ccc(F)cc1F. The molecular weight excluding hydrogens is 226 g/mol. The molecule has 0 aliphatic carbocycles. The van der Waals surface area contributed by atoms with E-state index < -0.39 is 17.5 Å². The van der Waals surface area contributed by atoms with Crippen LogP contribution >= 0.6 is 0 Å². The van der Waals surface area contributed by atoms with Crippen LogP contribution in [0.4, 0.5) is 8.78 Å². The summed E-state index contributed by atoms with van der Waals surface area (Å²) in [6.45, 7) is 2.78. The Kier molecular flexibility index (Phi) is 4.57. The number of hydrogen-bond donors (Lipinski definition) is 1. The summed E-state index contributed by atoms with van der Waals surface area (Å²) < 4.78 is 26.1. The minimum absolute atomic E-state index is 0.127. The van der Waals surface area contributed by atoms with Gasteiger partial charge in [0.1, 0.15) is 11.6 Å². The molecule has 1 atom stereocenters. The number of hydrogen-bond acceptors (Lipinski definition) is 2. The molecule has 0 aliphatic rings. The minimum Gasteiger partial charge on any atom is -0.341 e. The van der Waals surface area contributed by atoms with Gasteiger partial charge in [-0.25, -0.2) is 8.78 Å². The Hall–Kier alpha value is -1.49. The molecule has 0 saturated carbocycles. The molecule has 0 aromatic heterocycles. The maximum atomic E-state index is 13.4. The van der Waals surface area contributed by atoms with Gasteiger partial charge in [-0.1, -0.05) is 6.92 Å². The molecule has 0 spiro atoms. The predicted octanol–water partition coefficient (Wildman–Crippen LogP) is 1.63. The molecule has 5 heteroatoms. The second-order valence-corrected chi connectivity index (χ2v) is 4.15. The number of benzene rings is 1. The van der Waals surface area contributed by atoms with E-state index in [1.807, 2.05) is 6.92 Å². The molecule has 0 saturated heterocycles. The van der Waals surface area contributed by atoms with E-state index in [0.29, 0.717) is 19.2 Å². The average Bonchev–Trinajstić information content (AvgIpc) is 2.28. The zero-order chi connectivity index (χ0) is 13.0. The van der Waals surface area contributed by atoms with Crippen molar-refractivity contribution in [2.45, 2.75) is 6.92 Å². The Balaban J connectivity index is 2.81. The second kappa shape index (κ2) is 5.72. The van der Waals surface area contributed by atoms with E-state index >= 15 is 0 Å². The highest BCUT2D eigenvalue weighted by Gasteiger charge is 2.17. The fraction of sp³-hybridized carbons (Fsp3) is 0.417. The van der Waals surface area contributed by atoms with Crippen molar-refractivity contribution in [2.24, 2.45) is 11.7 Å². The summed E-state index contributed by atoms with van der Waals surface area (Å²) >= 11 is 0. The third kappa shape index (κ3) is 3.49. The maximum Gasteiger partial charge on any atom is 0.256 e. The van der Waals surface area contributed by atoms with Gasteiger partial charge in [0.15, 0.2) is 0 Å². The van der Waals surface area contributed by atoms with E-state index in [-0.39, 0.29) is 11.5 Å². The van der Waals surface area contributed by atoms with Gasteiger partial charge in [0.2, 0.25) is 0 Å². The quantitative estimate of drug-likeness (QED) is 0.872. The van der Waals surface area contributed by atoms with Crippen LogP contribution in [0.15, 0.2) is 18.2 Å². The lowest BCUT2D eigenvalue weighted by atomic mass is 10.1. The summed E-state index contributed by atoms with van der Waals surface area (Å²) in [4.78, 5) is 13.2. The van der Waals surface area contributed by atoms with Gasteiger partial charge >= 0.3 is 0 Å². The lowest BCUT2D eigenvalue weighted by Gasteiger charge is -2.20. The van der Waals surface area contributed by atoms with Crippen LogP contribution in [0.3, 0.4) is 0 Å². The first-order valence-corrected chi connectivity index (χ1v) is 5.36. The van der Waals surface area contributed by atoms with Gasteiger partial charge in [-0.15, -0.1) is 0 Å². The normalized spacial score (nSPS) is 12.3. The van der Waals surface area contributed by atoms with Crippen LogP contribution in [0.2, 0.25) is 0 Å². The largest absolute Gasteiger partial charge is 0.341 e. The van der Waals surface area contributed by atoms with Crippen molar-refractivity contribution in [1.82, 2.24) is 4.90 Å². The molecule has 0 fully saturated rings. The molecule has 0 bridgehead atoms. The van der Waals surface area contributed by atoms with Gasteiger partial charge in [-0.2, -0.15) is 0 Å². The number of rotatable bonds is 4. The monoisotopic (exact) mass is 242 g/mol. The molecule has 94 valence electrons. The highest BCUT2D eigenvalue weighted by molar-refractivity contribution is 5.94. The number of nitrogens with two attached hydrogens (primary N) is 1. The average molecular weight is 242 g/mol. The standard InChI is InChI=1S/C12H16F2N2O/c1-8(6-15)7-16(2)12(17)10-4-3-9(13)5-11(10)14/h3-5,8H,6-7,15H2,1-2H3. The van der Waals surface area contributed by atoms with Gasteiger partial charge in [0, 0.05) is 19.7 Å². The van der Waals surface area contributed by atoms with E-state index in [2.05, 4.69) is 0 Å². The van der Waals surface area contributed by atoms with Crippen molar-refractivity contribution >= 4 is 5.91 Å². The van der Waals surface area contributed by atoms with Crippen LogP contribution in [-0.4, -0.2) is 30.9 Å². The molecule has 1 rings (SSSR count). The Morgan fingerprint density at radius 1 is 1.47 bits per heavy atom. The lowest BCUT2D eigenvalue weighted by Crippen LogP contribution is -2.33. The van der Waals surface area contributed by atoms with Crippen LogP contribution in [0.5, 0.6) is 0 Å². The first-order valence-electron chi connectivity index (χ1n) is 5.36. The second-order valence-electron chi connectivity index (χ2n) is 4.15. The zero-order valence-electron chi connectivity index (χ0n) is 9.91. The van der Waals surface area contributed by atoms with Crippen LogP contribution in [0.1, 0.15) is 17.3 Å². The molecule has 1 aromatic rings. The topological polar surface area (TPSA) is 46.3 Å². The molecule has 0 radical (unpaired) electrons. The van der Waals surface area contributed by atoms with Gasteiger partial charge in [-0.05, 0) is 24.6 Å². The smallest absolute Gasteiger partial charge is 0.256 e. The summed E-state index contributed by atoms with van der Waals surface area (Å²) in [6, 6.07) is 2.92. The predicted molar refractivity (Wildman–Crippen MR) is 61.5 cm³/mol. The number of carbonyl (C=O) groups excluding carboxylic acids is 1. The van der Waals surface area contributed by atoms with Crippen LogP contribution in [-0.2, 0) is 0 Å². The fourth-order valence-corrected chi connectivity index (χ4v) is 1.49. The number of nitrogens with zero attached hydrogens (tertiary/aromatic N) is 1. The van der Waals surface area contributed by atoms with E-state index in [1.165, 1.54) is 4.90 Å². The van der Waals surface area contributed by atoms with Gasteiger partial charge in [0.05, 0.1) is 5.56 Å². The molecule has 1 aromatic carbocycles. The highest BCUT2D eigenvalue weighted by atomic mass is 19.1. The minimum atomic E-state index is -0.845. The fourth-order valence-electron chi connectivity index (χ4n) is 1.49. The van der Waals surface area contributed by atoms with Gasteiger partial charge in [0.25, 0.3) is 5.91 Å².